The smallest absolute Gasteiger partial charge is 0.337 e. The molecule has 0 aliphatic heterocycles. The van der Waals surface area contributed by atoms with E-state index in [0.29, 0.717) is 11.3 Å². The molecule has 1 amide bonds. The van der Waals surface area contributed by atoms with Crippen molar-refractivity contribution < 1.29 is 27.5 Å². The number of sulfonamides is 1. The lowest BCUT2D eigenvalue weighted by molar-refractivity contribution is -0.115. The van der Waals surface area contributed by atoms with Gasteiger partial charge >= 0.3 is 5.97 Å². The molecule has 144 valence electrons. The average Bonchev–Trinajstić information content (AvgIpc) is 2.67. The molecule has 0 spiro atoms. The molecule has 2 N–H and O–H groups in total. The van der Waals surface area contributed by atoms with Crippen molar-refractivity contribution >= 4 is 33.3 Å². The number of ether oxygens (including phenoxy) is 2. The minimum Gasteiger partial charge on any atom is -0.495 e. The van der Waals surface area contributed by atoms with Crippen molar-refractivity contribution in [2.45, 2.75) is 18.2 Å². The van der Waals surface area contributed by atoms with Crippen LogP contribution in [0.25, 0.3) is 0 Å². The van der Waals surface area contributed by atoms with Crippen molar-refractivity contribution in [3.63, 3.8) is 0 Å². The third kappa shape index (κ3) is 4.98. The average molecular weight is 392 g/mol. The summed E-state index contributed by atoms with van der Waals surface area (Å²) in [5.41, 5.74) is 0.834. The van der Waals surface area contributed by atoms with E-state index in [4.69, 9.17) is 4.74 Å². The predicted molar refractivity (Wildman–Crippen MR) is 101 cm³/mol. The molecular weight excluding hydrogens is 372 g/mol. The second-order valence-corrected chi connectivity index (χ2v) is 7.12. The summed E-state index contributed by atoms with van der Waals surface area (Å²) in [5, 5.41) is 2.61. The third-order valence-electron chi connectivity index (χ3n) is 3.63. The molecule has 2 rings (SSSR count). The first kappa shape index (κ1) is 20.2. The van der Waals surface area contributed by atoms with Gasteiger partial charge in [0, 0.05) is 12.1 Å². The normalized spacial score (nSPS) is 10.8. The van der Waals surface area contributed by atoms with E-state index < -0.39 is 16.0 Å². The van der Waals surface area contributed by atoms with Crippen LogP contribution in [0.3, 0.4) is 0 Å². The zero-order valence-electron chi connectivity index (χ0n) is 15.1. The minimum absolute atomic E-state index is 0.0493. The van der Waals surface area contributed by atoms with Gasteiger partial charge in [-0.1, -0.05) is 6.92 Å². The van der Waals surface area contributed by atoms with Crippen LogP contribution in [0.2, 0.25) is 0 Å². The first-order chi connectivity index (χ1) is 12.8. The van der Waals surface area contributed by atoms with Gasteiger partial charge < -0.3 is 14.8 Å². The van der Waals surface area contributed by atoms with Crippen molar-refractivity contribution in [2.24, 2.45) is 0 Å². The number of amides is 1. The number of rotatable bonds is 7. The van der Waals surface area contributed by atoms with Crippen LogP contribution in [-0.2, 0) is 19.6 Å². The number of nitrogens with one attached hydrogen (secondary N) is 2. The molecule has 0 saturated heterocycles. The summed E-state index contributed by atoms with van der Waals surface area (Å²) in [6.45, 7) is 1.68. The molecule has 0 heterocycles. The van der Waals surface area contributed by atoms with Crippen LogP contribution >= 0.6 is 0 Å². The van der Waals surface area contributed by atoms with Crippen LogP contribution in [-0.4, -0.2) is 34.5 Å². The standard InChI is InChI=1S/C18H20N2O6S/c1-4-17(21)19-15-11-14(9-10-16(15)25-2)27(23,24)20-13-7-5-12(6-8-13)18(22)26-3/h5-11,20H,4H2,1-3H3,(H,19,21). The van der Waals surface area contributed by atoms with Crippen LogP contribution in [0.15, 0.2) is 47.4 Å². The lowest BCUT2D eigenvalue weighted by Gasteiger charge is -2.13. The molecule has 8 nitrogen and oxygen atoms in total. The van der Waals surface area contributed by atoms with E-state index in [2.05, 4.69) is 14.8 Å². The van der Waals surface area contributed by atoms with Gasteiger partial charge in [0.2, 0.25) is 5.91 Å². The fourth-order valence-electron chi connectivity index (χ4n) is 2.20. The van der Waals surface area contributed by atoms with Gasteiger partial charge in [-0.05, 0) is 42.5 Å². The molecule has 0 saturated carbocycles. The Balaban J connectivity index is 2.29. The van der Waals surface area contributed by atoms with Crippen molar-refractivity contribution in [1.29, 1.82) is 0 Å². The highest BCUT2D eigenvalue weighted by Gasteiger charge is 2.18. The second-order valence-electron chi connectivity index (χ2n) is 5.44. The highest BCUT2D eigenvalue weighted by molar-refractivity contribution is 7.92. The van der Waals surface area contributed by atoms with E-state index in [1.54, 1.807) is 6.92 Å². The Kier molecular flexibility index (Phi) is 6.40. The fraction of sp³-hybridized carbons (Fsp3) is 0.222. The minimum atomic E-state index is -3.92. The number of hydrogen-bond donors (Lipinski definition) is 2. The number of hydrogen-bond acceptors (Lipinski definition) is 6. The maximum atomic E-state index is 12.6. The number of benzene rings is 2. The molecule has 0 fully saturated rings. The maximum absolute atomic E-state index is 12.6. The lowest BCUT2D eigenvalue weighted by atomic mass is 10.2. The fourth-order valence-corrected chi connectivity index (χ4v) is 3.28. The quantitative estimate of drug-likeness (QED) is 0.701. The van der Waals surface area contributed by atoms with Gasteiger partial charge in [-0.15, -0.1) is 0 Å². The first-order valence-electron chi connectivity index (χ1n) is 7.99. The van der Waals surface area contributed by atoms with Crippen molar-refractivity contribution in [1.82, 2.24) is 0 Å². The summed E-state index contributed by atoms with van der Waals surface area (Å²) in [4.78, 5) is 23.0. The molecular formula is C18H20N2O6S. The van der Waals surface area contributed by atoms with E-state index in [1.165, 1.54) is 56.7 Å². The Morgan fingerprint density at radius 2 is 1.70 bits per heavy atom. The predicted octanol–water partition coefficient (Wildman–Crippen LogP) is 2.63. The van der Waals surface area contributed by atoms with Gasteiger partial charge in [0.05, 0.1) is 30.4 Å². The van der Waals surface area contributed by atoms with Crippen molar-refractivity contribution in [2.75, 3.05) is 24.3 Å². The summed E-state index contributed by atoms with van der Waals surface area (Å²) in [6.07, 6.45) is 0.241. The molecule has 0 aliphatic rings. The summed E-state index contributed by atoms with van der Waals surface area (Å²) in [5.74, 6) is -0.441. The lowest BCUT2D eigenvalue weighted by Crippen LogP contribution is -2.15. The molecule has 0 radical (unpaired) electrons. The number of carbonyl (C=O) groups is 2. The van der Waals surface area contributed by atoms with Gasteiger partial charge in [-0.25, -0.2) is 13.2 Å². The molecule has 0 aliphatic carbocycles. The molecule has 0 bridgehead atoms. The van der Waals surface area contributed by atoms with Crippen LogP contribution in [0, 0.1) is 0 Å². The van der Waals surface area contributed by atoms with E-state index in [-0.39, 0.29) is 28.6 Å². The van der Waals surface area contributed by atoms with Crippen LogP contribution < -0.4 is 14.8 Å². The van der Waals surface area contributed by atoms with Crippen molar-refractivity contribution in [3.8, 4) is 5.75 Å². The summed E-state index contributed by atoms with van der Waals surface area (Å²) in [7, 11) is -1.23. The zero-order chi connectivity index (χ0) is 20.0. The number of carbonyl (C=O) groups excluding carboxylic acids is 2. The highest BCUT2D eigenvalue weighted by atomic mass is 32.2. The van der Waals surface area contributed by atoms with Gasteiger partial charge in [-0.2, -0.15) is 0 Å². The van der Waals surface area contributed by atoms with Gasteiger partial charge in [0.1, 0.15) is 5.75 Å². The number of esters is 1. The Bertz CT molecular complexity index is 939. The van der Waals surface area contributed by atoms with E-state index >= 15 is 0 Å². The summed E-state index contributed by atoms with van der Waals surface area (Å²) in [6, 6.07) is 9.94. The van der Waals surface area contributed by atoms with E-state index in [0.717, 1.165) is 0 Å². The monoisotopic (exact) mass is 392 g/mol. The van der Waals surface area contributed by atoms with E-state index in [1.807, 2.05) is 0 Å². The SMILES string of the molecule is CCC(=O)Nc1cc(S(=O)(=O)Nc2ccc(C(=O)OC)cc2)ccc1OC. The number of anilines is 2. The van der Waals surface area contributed by atoms with Crippen LogP contribution in [0.1, 0.15) is 23.7 Å². The van der Waals surface area contributed by atoms with Crippen molar-refractivity contribution in [3.05, 3.63) is 48.0 Å². The maximum Gasteiger partial charge on any atom is 0.337 e. The number of methoxy groups -OCH3 is 2. The molecule has 0 aromatic heterocycles. The summed E-state index contributed by atoms with van der Waals surface area (Å²) < 4.78 is 37.4. The molecule has 27 heavy (non-hydrogen) atoms. The Hall–Kier alpha value is -3.07. The molecule has 2 aromatic rings. The molecule has 0 unspecified atom stereocenters. The molecule has 9 heteroatoms. The Morgan fingerprint density at radius 1 is 1.04 bits per heavy atom. The Labute approximate surface area is 157 Å². The summed E-state index contributed by atoms with van der Waals surface area (Å²) >= 11 is 0. The zero-order valence-corrected chi connectivity index (χ0v) is 15.9. The van der Waals surface area contributed by atoms with E-state index in [9.17, 15) is 18.0 Å². The molecule has 2 aromatic carbocycles. The van der Waals surface area contributed by atoms with Gasteiger partial charge in [-0.3, -0.25) is 9.52 Å². The van der Waals surface area contributed by atoms with Crippen LogP contribution in [0.4, 0.5) is 11.4 Å². The van der Waals surface area contributed by atoms with Crippen LogP contribution in [0.5, 0.6) is 5.75 Å². The molecule has 0 atom stereocenters. The first-order valence-corrected chi connectivity index (χ1v) is 9.48. The third-order valence-corrected chi connectivity index (χ3v) is 5.01. The highest BCUT2D eigenvalue weighted by Crippen LogP contribution is 2.28. The largest absolute Gasteiger partial charge is 0.495 e. The topological polar surface area (TPSA) is 111 Å². The Morgan fingerprint density at radius 3 is 2.26 bits per heavy atom. The second kappa shape index (κ2) is 8.54. The van der Waals surface area contributed by atoms with Gasteiger partial charge in [0.15, 0.2) is 0 Å². The van der Waals surface area contributed by atoms with Gasteiger partial charge in [0.25, 0.3) is 10.0 Å².